The second-order valence-electron chi connectivity index (χ2n) is 5.47. The van der Waals surface area contributed by atoms with Crippen LogP contribution >= 0.6 is 35.3 Å². The van der Waals surface area contributed by atoms with Gasteiger partial charge in [0.1, 0.15) is 12.4 Å². The molecule has 138 valence electrons. The fourth-order valence-electron chi connectivity index (χ4n) is 2.17. The van der Waals surface area contributed by atoms with E-state index in [2.05, 4.69) is 47.4 Å². The molecule has 2 N–H and O–H groups in total. The van der Waals surface area contributed by atoms with E-state index in [0.29, 0.717) is 13.2 Å². The maximum absolute atomic E-state index is 5.74. The van der Waals surface area contributed by atoms with Crippen molar-refractivity contribution < 1.29 is 4.74 Å². The zero-order valence-corrected chi connectivity index (χ0v) is 18.2. The average molecular weight is 474 g/mol. The highest BCUT2D eigenvalue weighted by Gasteiger charge is 2.00. The summed E-state index contributed by atoms with van der Waals surface area (Å²) in [5, 5.41) is 7.68. The number of hydrogen-bond acceptors (Lipinski definition) is 4. The van der Waals surface area contributed by atoms with Crippen LogP contribution < -0.4 is 15.4 Å². The molecule has 0 saturated heterocycles. The molecule has 0 atom stereocenters. The van der Waals surface area contributed by atoms with Gasteiger partial charge in [-0.25, -0.2) is 4.98 Å². The molecule has 7 heteroatoms. The van der Waals surface area contributed by atoms with E-state index >= 15 is 0 Å². The zero-order valence-electron chi connectivity index (χ0n) is 15.0. The van der Waals surface area contributed by atoms with Gasteiger partial charge >= 0.3 is 0 Å². The van der Waals surface area contributed by atoms with Crippen molar-refractivity contribution in [2.75, 3.05) is 26.2 Å². The fourth-order valence-corrected chi connectivity index (χ4v) is 2.94. The first kappa shape index (κ1) is 21.7. The Balaban J connectivity index is 0.00000312. The molecule has 0 spiro atoms. The van der Waals surface area contributed by atoms with E-state index in [9.17, 15) is 0 Å². The van der Waals surface area contributed by atoms with Gasteiger partial charge in [-0.15, -0.1) is 35.3 Å². The molecule has 0 aliphatic carbocycles. The van der Waals surface area contributed by atoms with E-state index in [1.54, 1.807) is 11.3 Å². The van der Waals surface area contributed by atoms with Gasteiger partial charge in [-0.2, -0.15) is 0 Å². The number of guanidine groups is 1. The SMILES string of the molecule is CCNC(=NCCc1ncc(C)s1)NCCOc1cccc(C)c1.I. The smallest absolute Gasteiger partial charge is 0.191 e. The molecule has 0 aliphatic rings. The van der Waals surface area contributed by atoms with Crippen molar-refractivity contribution in [2.45, 2.75) is 27.2 Å². The van der Waals surface area contributed by atoms with Crippen molar-refractivity contribution >= 4 is 41.3 Å². The largest absolute Gasteiger partial charge is 0.492 e. The van der Waals surface area contributed by atoms with Crippen LogP contribution in [-0.2, 0) is 6.42 Å². The van der Waals surface area contributed by atoms with Crippen LogP contribution in [-0.4, -0.2) is 37.2 Å². The lowest BCUT2D eigenvalue weighted by atomic mass is 10.2. The summed E-state index contributed by atoms with van der Waals surface area (Å²) in [5.74, 6) is 1.72. The van der Waals surface area contributed by atoms with E-state index in [4.69, 9.17) is 4.74 Å². The number of nitrogens with zero attached hydrogens (tertiary/aromatic N) is 2. The molecule has 0 unspecified atom stereocenters. The lowest BCUT2D eigenvalue weighted by molar-refractivity contribution is 0.321. The maximum atomic E-state index is 5.74. The van der Waals surface area contributed by atoms with E-state index < -0.39 is 0 Å². The number of benzene rings is 1. The third kappa shape index (κ3) is 8.53. The molecule has 0 aliphatic heterocycles. The lowest BCUT2D eigenvalue weighted by Gasteiger charge is -2.12. The first-order chi connectivity index (χ1) is 11.7. The number of nitrogens with one attached hydrogen (secondary N) is 2. The van der Waals surface area contributed by atoms with E-state index in [1.807, 2.05) is 24.4 Å². The number of rotatable bonds is 8. The number of halogens is 1. The van der Waals surface area contributed by atoms with Crippen LogP contribution in [0, 0.1) is 13.8 Å². The topological polar surface area (TPSA) is 58.5 Å². The second-order valence-corrected chi connectivity index (χ2v) is 6.79. The number of aliphatic imine (C=N–C) groups is 1. The van der Waals surface area contributed by atoms with Gasteiger partial charge in [0.25, 0.3) is 0 Å². The van der Waals surface area contributed by atoms with Crippen molar-refractivity contribution in [1.82, 2.24) is 15.6 Å². The molecule has 1 aromatic carbocycles. The summed E-state index contributed by atoms with van der Waals surface area (Å²) < 4.78 is 5.74. The minimum absolute atomic E-state index is 0. The normalized spacial score (nSPS) is 10.9. The molecule has 0 bridgehead atoms. The summed E-state index contributed by atoms with van der Waals surface area (Å²) in [4.78, 5) is 10.2. The van der Waals surface area contributed by atoms with Gasteiger partial charge in [0.15, 0.2) is 5.96 Å². The first-order valence-corrected chi connectivity index (χ1v) is 9.12. The average Bonchev–Trinajstić information content (AvgIpc) is 2.97. The van der Waals surface area contributed by atoms with Gasteiger partial charge in [0.05, 0.1) is 11.6 Å². The Morgan fingerprint density at radius 1 is 1.28 bits per heavy atom. The van der Waals surface area contributed by atoms with Crippen LogP contribution in [0.15, 0.2) is 35.5 Å². The standard InChI is InChI=1S/C18H26N4OS.HI/c1-4-19-18(20-9-8-17-22-13-15(3)24-17)21-10-11-23-16-7-5-6-14(2)12-16;/h5-7,12-13H,4,8-11H2,1-3H3,(H2,19,20,21);1H. The molecule has 0 amide bonds. The van der Waals surface area contributed by atoms with Gasteiger partial charge < -0.3 is 15.4 Å². The molecule has 1 aromatic heterocycles. The van der Waals surface area contributed by atoms with Crippen LogP contribution in [0.25, 0.3) is 0 Å². The van der Waals surface area contributed by atoms with Crippen LogP contribution in [0.4, 0.5) is 0 Å². The van der Waals surface area contributed by atoms with Crippen LogP contribution in [0.1, 0.15) is 22.4 Å². The van der Waals surface area contributed by atoms with Crippen molar-refractivity contribution in [2.24, 2.45) is 4.99 Å². The highest BCUT2D eigenvalue weighted by atomic mass is 127. The monoisotopic (exact) mass is 474 g/mol. The van der Waals surface area contributed by atoms with Gasteiger partial charge in [0, 0.05) is 30.6 Å². The van der Waals surface area contributed by atoms with E-state index in [1.165, 1.54) is 10.4 Å². The number of aryl methyl sites for hydroxylation is 2. The maximum Gasteiger partial charge on any atom is 0.191 e. The molecular formula is C18H27IN4OS. The summed E-state index contributed by atoms with van der Waals surface area (Å²) in [7, 11) is 0. The third-order valence-corrected chi connectivity index (χ3v) is 4.23. The predicted octanol–water partition coefficient (Wildman–Crippen LogP) is 3.55. The fraction of sp³-hybridized carbons (Fsp3) is 0.444. The summed E-state index contributed by atoms with van der Waals surface area (Å²) in [6, 6.07) is 8.08. The molecule has 1 heterocycles. The Kier molecular flexibility index (Phi) is 10.5. The lowest BCUT2D eigenvalue weighted by Crippen LogP contribution is -2.39. The first-order valence-electron chi connectivity index (χ1n) is 8.30. The third-order valence-electron chi connectivity index (χ3n) is 3.26. The quantitative estimate of drug-likeness (QED) is 0.266. The molecule has 2 aromatic rings. The number of hydrogen-bond donors (Lipinski definition) is 2. The molecule has 0 saturated carbocycles. The van der Waals surface area contributed by atoms with Gasteiger partial charge in [-0.05, 0) is 38.5 Å². The molecular weight excluding hydrogens is 447 g/mol. The second kappa shape index (κ2) is 12.1. The van der Waals surface area contributed by atoms with Crippen LogP contribution in [0.2, 0.25) is 0 Å². The summed E-state index contributed by atoms with van der Waals surface area (Å²) >= 11 is 1.73. The minimum Gasteiger partial charge on any atom is -0.492 e. The highest BCUT2D eigenvalue weighted by Crippen LogP contribution is 2.12. The van der Waals surface area contributed by atoms with Gasteiger partial charge in [0.2, 0.25) is 0 Å². The number of thiazole rings is 1. The molecule has 5 nitrogen and oxygen atoms in total. The summed E-state index contributed by atoms with van der Waals surface area (Å²) in [5.41, 5.74) is 1.20. The minimum atomic E-state index is 0. The Labute approximate surface area is 171 Å². The predicted molar refractivity (Wildman–Crippen MR) is 117 cm³/mol. The van der Waals surface area contributed by atoms with Crippen molar-refractivity contribution in [3.63, 3.8) is 0 Å². The summed E-state index contributed by atoms with van der Waals surface area (Å²) in [6.45, 7) is 9.05. The Hall–Kier alpha value is -1.35. The zero-order chi connectivity index (χ0) is 17.2. The Morgan fingerprint density at radius 2 is 2.12 bits per heavy atom. The van der Waals surface area contributed by atoms with Crippen molar-refractivity contribution in [3.05, 3.63) is 45.9 Å². The van der Waals surface area contributed by atoms with E-state index in [-0.39, 0.29) is 24.0 Å². The Morgan fingerprint density at radius 3 is 2.80 bits per heavy atom. The number of ether oxygens (including phenoxy) is 1. The summed E-state index contributed by atoms with van der Waals surface area (Å²) in [6.07, 6.45) is 2.78. The molecule has 0 fully saturated rings. The molecule has 0 radical (unpaired) electrons. The van der Waals surface area contributed by atoms with Crippen LogP contribution in [0.5, 0.6) is 5.75 Å². The molecule has 25 heavy (non-hydrogen) atoms. The molecule has 2 rings (SSSR count). The van der Waals surface area contributed by atoms with Crippen LogP contribution in [0.3, 0.4) is 0 Å². The highest BCUT2D eigenvalue weighted by molar-refractivity contribution is 14.0. The van der Waals surface area contributed by atoms with Gasteiger partial charge in [-0.3, -0.25) is 4.99 Å². The number of aromatic nitrogens is 1. The van der Waals surface area contributed by atoms with E-state index in [0.717, 1.165) is 36.2 Å². The van der Waals surface area contributed by atoms with Crippen molar-refractivity contribution in [1.29, 1.82) is 0 Å². The van der Waals surface area contributed by atoms with Crippen molar-refractivity contribution in [3.8, 4) is 5.75 Å². The Bertz CT molecular complexity index is 660. The van der Waals surface area contributed by atoms with Gasteiger partial charge in [-0.1, -0.05) is 12.1 Å².